The van der Waals surface area contributed by atoms with E-state index in [0.717, 1.165) is 42.6 Å². The topological polar surface area (TPSA) is 55.8 Å². The predicted octanol–water partition coefficient (Wildman–Crippen LogP) is 5.46. The zero-order chi connectivity index (χ0) is 27.1. The molecule has 1 atom stereocenters. The standard InChI is InChI=1S/C30H34ClF2N3O2/c1-21-4-2-6-28(31)30(21)34-29(38)19-35-16-17-36(26(18-35)20-37)15-3-5-27(22-7-11-24(32)12-8-22)23-9-13-25(33)14-10-23/h2,4,6-14,26-27,37H,3,5,15-20H2,1H3,(H,34,38). The molecule has 4 rings (SSSR count). The third-order valence-electron chi connectivity index (χ3n) is 7.24. The van der Waals surface area contributed by atoms with Crippen molar-refractivity contribution in [3.63, 3.8) is 0 Å². The molecule has 0 aromatic heterocycles. The Kier molecular flexibility index (Phi) is 9.86. The molecule has 2 N–H and O–H groups in total. The number of nitrogens with zero attached hydrogens (tertiary/aromatic N) is 2. The monoisotopic (exact) mass is 541 g/mol. The second kappa shape index (κ2) is 13.3. The number of rotatable bonds is 10. The van der Waals surface area contributed by atoms with Crippen LogP contribution in [0.2, 0.25) is 5.02 Å². The Labute approximate surface area is 228 Å². The van der Waals surface area contributed by atoms with Crippen molar-refractivity contribution < 1.29 is 18.7 Å². The summed E-state index contributed by atoms with van der Waals surface area (Å²) in [6, 6.07) is 18.4. The van der Waals surface area contributed by atoms with E-state index in [1.807, 2.05) is 19.1 Å². The van der Waals surface area contributed by atoms with Crippen LogP contribution in [0.15, 0.2) is 66.7 Å². The van der Waals surface area contributed by atoms with Gasteiger partial charge in [0.25, 0.3) is 0 Å². The van der Waals surface area contributed by atoms with Crippen molar-refractivity contribution in [3.8, 4) is 0 Å². The number of aliphatic hydroxyl groups is 1. The van der Waals surface area contributed by atoms with E-state index in [-0.39, 0.29) is 42.7 Å². The van der Waals surface area contributed by atoms with Crippen molar-refractivity contribution in [2.75, 3.05) is 44.6 Å². The molecule has 8 heteroatoms. The number of aliphatic hydroxyl groups excluding tert-OH is 1. The molecule has 1 saturated heterocycles. The fourth-order valence-corrected chi connectivity index (χ4v) is 5.42. The number of amides is 1. The molecule has 0 spiro atoms. The molecule has 0 saturated carbocycles. The molecule has 3 aromatic rings. The Bertz CT molecular complexity index is 1140. The van der Waals surface area contributed by atoms with Crippen LogP contribution in [0.4, 0.5) is 14.5 Å². The lowest BCUT2D eigenvalue weighted by Gasteiger charge is -2.40. The van der Waals surface area contributed by atoms with Gasteiger partial charge in [0, 0.05) is 31.6 Å². The highest BCUT2D eigenvalue weighted by molar-refractivity contribution is 6.33. The molecule has 1 amide bonds. The van der Waals surface area contributed by atoms with Crippen molar-refractivity contribution in [1.29, 1.82) is 0 Å². The fourth-order valence-electron chi connectivity index (χ4n) is 5.16. The average molecular weight is 542 g/mol. The SMILES string of the molecule is Cc1cccc(Cl)c1NC(=O)CN1CCN(CCCC(c2ccc(F)cc2)c2ccc(F)cc2)C(CO)C1. The zero-order valence-electron chi connectivity index (χ0n) is 21.5. The molecule has 0 bridgehead atoms. The minimum absolute atomic E-state index is 0.00108. The minimum Gasteiger partial charge on any atom is -0.395 e. The highest BCUT2D eigenvalue weighted by Gasteiger charge is 2.28. The first-order chi connectivity index (χ1) is 18.3. The van der Waals surface area contributed by atoms with Crippen molar-refractivity contribution in [1.82, 2.24) is 9.80 Å². The Morgan fingerprint density at radius 2 is 1.66 bits per heavy atom. The molecule has 3 aromatic carbocycles. The molecular formula is C30H34ClF2N3O2. The number of halogens is 3. The highest BCUT2D eigenvalue weighted by Crippen LogP contribution is 2.30. The van der Waals surface area contributed by atoms with Gasteiger partial charge in [-0.2, -0.15) is 0 Å². The van der Waals surface area contributed by atoms with Crippen LogP contribution < -0.4 is 5.32 Å². The van der Waals surface area contributed by atoms with Crippen LogP contribution in [-0.4, -0.2) is 66.2 Å². The number of hydrogen-bond acceptors (Lipinski definition) is 4. The molecule has 1 fully saturated rings. The maximum Gasteiger partial charge on any atom is 0.238 e. The van der Waals surface area contributed by atoms with Gasteiger partial charge in [-0.3, -0.25) is 14.6 Å². The summed E-state index contributed by atoms with van der Waals surface area (Å²) in [5.41, 5.74) is 3.51. The lowest BCUT2D eigenvalue weighted by Crippen LogP contribution is -2.56. The second-order valence-corrected chi connectivity index (χ2v) is 10.3. The summed E-state index contributed by atoms with van der Waals surface area (Å²) >= 11 is 6.24. The smallest absolute Gasteiger partial charge is 0.238 e. The van der Waals surface area contributed by atoms with Gasteiger partial charge in [-0.1, -0.05) is 48.0 Å². The first-order valence-electron chi connectivity index (χ1n) is 13.0. The maximum atomic E-state index is 13.5. The van der Waals surface area contributed by atoms with E-state index in [1.54, 1.807) is 30.3 Å². The number of nitrogens with one attached hydrogen (secondary N) is 1. The summed E-state index contributed by atoms with van der Waals surface area (Å²) in [5.74, 6) is -0.688. The van der Waals surface area contributed by atoms with Crippen LogP contribution in [-0.2, 0) is 4.79 Å². The fraction of sp³-hybridized carbons (Fsp3) is 0.367. The highest BCUT2D eigenvalue weighted by atomic mass is 35.5. The van der Waals surface area contributed by atoms with Crippen molar-refractivity contribution in [2.45, 2.75) is 31.7 Å². The van der Waals surface area contributed by atoms with Crippen LogP contribution >= 0.6 is 11.6 Å². The number of para-hydroxylation sites is 1. The van der Waals surface area contributed by atoms with Crippen LogP contribution in [0.3, 0.4) is 0 Å². The normalized spacial score (nSPS) is 16.6. The second-order valence-electron chi connectivity index (χ2n) is 9.89. The first kappa shape index (κ1) is 28.2. The van der Waals surface area contributed by atoms with E-state index < -0.39 is 0 Å². The first-order valence-corrected chi connectivity index (χ1v) is 13.3. The maximum absolute atomic E-state index is 13.5. The van der Waals surface area contributed by atoms with Gasteiger partial charge in [0.05, 0.1) is 23.9 Å². The van der Waals surface area contributed by atoms with Gasteiger partial charge in [-0.15, -0.1) is 0 Å². The third-order valence-corrected chi connectivity index (χ3v) is 7.55. The molecule has 38 heavy (non-hydrogen) atoms. The molecule has 202 valence electrons. The number of anilines is 1. The van der Waals surface area contributed by atoms with E-state index in [4.69, 9.17) is 11.6 Å². The number of hydrogen-bond donors (Lipinski definition) is 2. The Balaban J connectivity index is 1.32. The van der Waals surface area contributed by atoms with E-state index in [0.29, 0.717) is 23.8 Å². The average Bonchev–Trinajstić information content (AvgIpc) is 2.91. The summed E-state index contributed by atoms with van der Waals surface area (Å²) in [6.45, 7) is 4.95. The van der Waals surface area contributed by atoms with Crippen molar-refractivity contribution >= 4 is 23.2 Å². The van der Waals surface area contributed by atoms with E-state index in [1.165, 1.54) is 24.3 Å². The molecule has 0 radical (unpaired) electrons. The van der Waals surface area contributed by atoms with E-state index in [9.17, 15) is 18.7 Å². The van der Waals surface area contributed by atoms with E-state index >= 15 is 0 Å². The predicted molar refractivity (Wildman–Crippen MR) is 148 cm³/mol. The molecule has 1 aliphatic rings. The lowest BCUT2D eigenvalue weighted by atomic mass is 9.87. The van der Waals surface area contributed by atoms with Gasteiger partial charge in [0.2, 0.25) is 5.91 Å². The largest absolute Gasteiger partial charge is 0.395 e. The Morgan fingerprint density at radius 3 is 2.24 bits per heavy atom. The van der Waals surface area contributed by atoms with Crippen LogP contribution in [0, 0.1) is 18.6 Å². The number of carbonyl (C=O) groups excluding carboxylic acids is 1. The summed E-state index contributed by atoms with van der Waals surface area (Å²) < 4.78 is 27.0. The van der Waals surface area contributed by atoms with Gasteiger partial charge >= 0.3 is 0 Å². The molecule has 5 nitrogen and oxygen atoms in total. The lowest BCUT2D eigenvalue weighted by molar-refractivity contribution is -0.118. The number of aryl methyl sites for hydroxylation is 1. The summed E-state index contributed by atoms with van der Waals surface area (Å²) in [4.78, 5) is 17.0. The van der Waals surface area contributed by atoms with Crippen molar-refractivity contribution in [3.05, 3.63) is 100 Å². The van der Waals surface area contributed by atoms with Gasteiger partial charge in [0.1, 0.15) is 11.6 Å². The molecule has 1 unspecified atom stereocenters. The zero-order valence-corrected chi connectivity index (χ0v) is 22.3. The third kappa shape index (κ3) is 7.38. The van der Waals surface area contributed by atoms with Crippen LogP contribution in [0.5, 0.6) is 0 Å². The van der Waals surface area contributed by atoms with Gasteiger partial charge in [0.15, 0.2) is 0 Å². The Hall–Kier alpha value is -2.84. The number of piperazine rings is 1. The van der Waals surface area contributed by atoms with Gasteiger partial charge in [-0.25, -0.2) is 8.78 Å². The van der Waals surface area contributed by atoms with Crippen LogP contribution in [0.1, 0.15) is 35.4 Å². The van der Waals surface area contributed by atoms with E-state index in [2.05, 4.69) is 15.1 Å². The number of carbonyl (C=O) groups is 1. The van der Waals surface area contributed by atoms with Gasteiger partial charge < -0.3 is 10.4 Å². The molecular weight excluding hydrogens is 508 g/mol. The van der Waals surface area contributed by atoms with Gasteiger partial charge in [-0.05, 0) is 73.3 Å². The molecule has 1 heterocycles. The summed E-state index contributed by atoms with van der Waals surface area (Å²) in [6.07, 6.45) is 1.65. The Morgan fingerprint density at radius 1 is 1.03 bits per heavy atom. The van der Waals surface area contributed by atoms with Crippen LogP contribution in [0.25, 0.3) is 0 Å². The molecule has 0 aliphatic carbocycles. The van der Waals surface area contributed by atoms with Crippen molar-refractivity contribution in [2.24, 2.45) is 0 Å². The quantitative estimate of drug-likeness (QED) is 0.358. The number of benzene rings is 3. The summed E-state index contributed by atoms with van der Waals surface area (Å²) in [5, 5.41) is 13.5. The molecule has 1 aliphatic heterocycles. The summed E-state index contributed by atoms with van der Waals surface area (Å²) in [7, 11) is 0. The minimum atomic E-state index is -0.286.